The minimum absolute atomic E-state index is 0.0310. The molecule has 0 bridgehead atoms. The fraction of sp³-hybridized carbons (Fsp3) is 0.400. The highest BCUT2D eigenvalue weighted by molar-refractivity contribution is 6.30. The van der Waals surface area contributed by atoms with E-state index in [1.54, 1.807) is 36.2 Å². The number of benzene rings is 1. The number of carbonyl (C=O) groups is 1. The van der Waals surface area contributed by atoms with Crippen LogP contribution in [0.25, 0.3) is 6.08 Å². The number of halogens is 1. The number of rotatable bonds is 5. The zero-order valence-electron chi connectivity index (χ0n) is 11.7. The third kappa shape index (κ3) is 5.45. The van der Waals surface area contributed by atoms with Gasteiger partial charge in [0.15, 0.2) is 0 Å². The normalized spacial score (nSPS) is 11.8. The second kappa shape index (κ2) is 6.73. The van der Waals surface area contributed by atoms with Crippen molar-refractivity contribution >= 4 is 23.6 Å². The van der Waals surface area contributed by atoms with Gasteiger partial charge in [0.05, 0.1) is 0 Å². The van der Waals surface area contributed by atoms with E-state index >= 15 is 0 Å². The van der Waals surface area contributed by atoms with E-state index < -0.39 is 0 Å². The Balaban J connectivity index is 2.61. The molecule has 0 fully saturated rings. The third-order valence-corrected chi connectivity index (χ3v) is 3.13. The largest absolute Gasteiger partial charge is 0.342 e. The SMILES string of the molecule is CN(CC(C)(C)CN)C(=O)C=Cc1ccc(Cl)cc1. The summed E-state index contributed by atoms with van der Waals surface area (Å²) in [7, 11) is 1.78. The minimum Gasteiger partial charge on any atom is -0.342 e. The standard InChI is InChI=1S/C15H21ClN2O/c1-15(2,10-17)11-18(3)14(19)9-6-12-4-7-13(16)8-5-12/h4-9H,10-11,17H2,1-3H3. The number of carbonyl (C=O) groups excluding carboxylic acids is 1. The molecule has 104 valence electrons. The maximum atomic E-state index is 11.9. The van der Waals surface area contributed by atoms with Crippen LogP contribution >= 0.6 is 11.6 Å². The van der Waals surface area contributed by atoms with Crippen LogP contribution < -0.4 is 5.73 Å². The summed E-state index contributed by atoms with van der Waals surface area (Å²) in [6.45, 7) is 5.26. The summed E-state index contributed by atoms with van der Waals surface area (Å²) < 4.78 is 0. The predicted molar refractivity (Wildman–Crippen MR) is 81.0 cm³/mol. The Kier molecular flexibility index (Phi) is 5.58. The molecular formula is C15H21ClN2O. The monoisotopic (exact) mass is 280 g/mol. The van der Waals surface area contributed by atoms with E-state index in [9.17, 15) is 4.79 Å². The maximum absolute atomic E-state index is 11.9. The molecule has 0 atom stereocenters. The van der Waals surface area contributed by atoms with Crippen LogP contribution in [0.15, 0.2) is 30.3 Å². The molecule has 0 saturated heterocycles. The van der Waals surface area contributed by atoms with Crippen molar-refractivity contribution in [1.82, 2.24) is 4.90 Å². The number of hydrogen-bond donors (Lipinski definition) is 1. The van der Waals surface area contributed by atoms with Crippen molar-refractivity contribution in [3.8, 4) is 0 Å². The number of amides is 1. The highest BCUT2D eigenvalue weighted by atomic mass is 35.5. The van der Waals surface area contributed by atoms with Gasteiger partial charge in [-0.05, 0) is 35.7 Å². The molecule has 0 aliphatic rings. The highest BCUT2D eigenvalue weighted by Crippen LogP contribution is 2.14. The van der Waals surface area contributed by atoms with Crippen molar-refractivity contribution < 1.29 is 4.79 Å². The van der Waals surface area contributed by atoms with Crippen LogP contribution in [0.2, 0.25) is 5.02 Å². The summed E-state index contributed by atoms with van der Waals surface area (Å²) in [5.41, 5.74) is 6.54. The van der Waals surface area contributed by atoms with Gasteiger partial charge in [0, 0.05) is 24.7 Å². The fourth-order valence-corrected chi connectivity index (χ4v) is 1.78. The first-order valence-electron chi connectivity index (χ1n) is 6.23. The van der Waals surface area contributed by atoms with Crippen LogP contribution in [0.4, 0.5) is 0 Å². The lowest BCUT2D eigenvalue weighted by atomic mass is 9.93. The van der Waals surface area contributed by atoms with Gasteiger partial charge in [-0.2, -0.15) is 0 Å². The molecule has 1 aromatic rings. The van der Waals surface area contributed by atoms with E-state index in [0.717, 1.165) is 5.56 Å². The molecule has 0 aromatic heterocycles. The molecule has 0 saturated carbocycles. The first-order chi connectivity index (χ1) is 8.84. The summed E-state index contributed by atoms with van der Waals surface area (Å²) >= 11 is 5.80. The van der Waals surface area contributed by atoms with E-state index in [1.165, 1.54) is 0 Å². The lowest BCUT2D eigenvalue weighted by Gasteiger charge is -2.28. The summed E-state index contributed by atoms with van der Waals surface area (Å²) in [5.74, 6) is -0.0310. The summed E-state index contributed by atoms with van der Waals surface area (Å²) in [6.07, 6.45) is 3.35. The molecule has 19 heavy (non-hydrogen) atoms. The van der Waals surface area contributed by atoms with E-state index in [0.29, 0.717) is 18.1 Å². The molecule has 0 spiro atoms. The maximum Gasteiger partial charge on any atom is 0.246 e. The topological polar surface area (TPSA) is 46.3 Å². The molecule has 1 amide bonds. The Labute approximate surface area is 120 Å². The Morgan fingerprint density at radius 3 is 2.47 bits per heavy atom. The van der Waals surface area contributed by atoms with Crippen LogP contribution in [-0.4, -0.2) is 30.9 Å². The molecule has 1 rings (SSSR count). The smallest absolute Gasteiger partial charge is 0.246 e. The molecular weight excluding hydrogens is 260 g/mol. The van der Waals surface area contributed by atoms with Gasteiger partial charge in [-0.25, -0.2) is 0 Å². The predicted octanol–water partition coefficient (Wildman–Crippen LogP) is 2.80. The quantitative estimate of drug-likeness (QED) is 0.843. The summed E-state index contributed by atoms with van der Waals surface area (Å²) in [6, 6.07) is 7.34. The van der Waals surface area contributed by atoms with Gasteiger partial charge in [0.1, 0.15) is 0 Å². The molecule has 2 N–H and O–H groups in total. The highest BCUT2D eigenvalue weighted by Gasteiger charge is 2.19. The first kappa shape index (κ1) is 15.7. The van der Waals surface area contributed by atoms with Crippen LogP contribution in [0.5, 0.6) is 0 Å². The first-order valence-corrected chi connectivity index (χ1v) is 6.61. The fourth-order valence-electron chi connectivity index (χ4n) is 1.65. The van der Waals surface area contributed by atoms with Crippen molar-refractivity contribution in [2.75, 3.05) is 20.1 Å². The Morgan fingerprint density at radius 2 is 1.95 bits per heavy atom. The lowest BCUT2D eigenvalue weighted by Crippen LogP contribution is -2.39. The number of nitrogens with zero attached hydrogens (tertiary/aromatic N) is 1. The zero-order chi connectivity index (χ0) is 14.5. The van der Waals surface area contributed by atoms with Gasteiger partial charge >= 0.3 is 0 Å². The molecule has 0 heterocycles. The van der Waals surface area contributed by atoms with Gasteiger partial charge in [-0.3, -0.25) is 4.79 Å². The molecule has 1 aromatic carbocycles. The average Bonchev–Trinajstić information content (AvgIpc) is 2.37. The zero-order valence-corrected chi connectivity index (χ0v) is 12.4. The molecule has 0 radical (unpaired) electrons. The van der Waals surface area contributed by atoms with E-state index in [2.05, 4.69) is 0 Å². The van der Waals surface area contributed by atoms with Crippen molar-refractivity contribution in [2.45, 2.75) is 13.8 Å². The Morgan fingerprint density at radius 1 is 1.37 bits per heavy atom. The van der Waals surface area contributed by atoms with Crippen molar-refractivity contribution in [1.29, 1.82) is 0 Å². The summed E-state index contributed by atoms with van der Waals surface area (Å²) in [4.78, 5) is 13.6. The van der Waals surface area contributed by atoms with Crippen molar-refractivity contribution in [3.05, 3.63) is 40.9 Å². The van der Waals surface area contributed by atoms with Crippen molar-refractivity contribution in [3.63, 3.8) is 0 Å². The van der Waals surface area contributed by atoms with Crippen LogP contribution in [-0.2, 0) is 4.79 Å². The molecule has 0 aliphatic heterocycles. The molecule has 4 heteroatoms. The van der Waals surface area contributed by atoms with E-state index in [-0.39, 0.29) is 11.3 Å². The van der Waals surface area contributed by atoms with Gasteiger partial charge in [-0.15, -0.1) is 0 Å². The van der Waals surface area contributed by atoms with E-state index in [1.807, 2.05) is 26.0 Å². The van der Waals surface area contributed by atoms with Gasteiger partial charge in [0.25, 0.3) is 0 Å². The third-order valence-electron chi connectivity index (χ3n) is 2.88. The Bertz CT molecular complexity index is 452. The van der Waals surface area contributed by atoms with Crippen LogP contribution in [0.1, 0.15) is 19.4 Å². The van der Waals surface area contributed by atoms with Gasteiger partial charge in [0.2, 0.25) is 5.91 Å². The number of hydrogen-bond acceptors (Lipinski definition) is 2. The number of nitrogens with two attached hydrogens (primary N) is 1. The minimum atomic E-state index is -0.0709. The van der Waals surface area contributed by atoms with Crippen LogP contribution in [0, 0.1) is 5.41 Å². The molecule has 0 aliphatic carbocycles. The second-order valence-electron chi connectivity index (χ2n) is 5.45. The number of likely N-dealkylation sites (N-methyl/N-ethyl adjacent to an activating group) is 1. The molecule has 0 unspecified atom stereocenters. The molecule has 3 nitrogen and oxygen atoms in total. The van der Waals surface area contributed by atoms with Crippen LogP contribution in [0.3, 0.4) is 0 Å². The lowest BCUT2D eigenvalue weighted by molar-refractivity contribution is -0.125. The van der Waals surface area contributed by atoms with Gasteiger partial charge < -0.3 is 10.6 Å². The average molecular weight is 281 g/mol. The Hall–Kier alpha value is -1.32. The second-order valence-corrected chi connectivity index (χ2v) is 5.88. The van der Waals surface area contributed by atoms with E-state index in [4.69, 9.17) is 17.3 Å². The van der Waals surface area contributed by atoms with Gasteiger partial charge in [-0.1, -0.05) is 37.6 Å². The van der Waals surface area contributed by atoms with Crippen molar-refractivity contribution in [2.24, 2.45) is 11.1 Å². The summed E-state index contributed by atoms with van der Waals surface area (Å²) in [5, 5.41) is 0.685.